The van der Waals surface area contributed by atoms with Crippen molar-refractivity contribution in [2.75, 3.05) is 18.5 Å². The van der Waals surface area contributed by atoms with Gasteiger partial charge in [-0.1, -0.05) is 5.16 Å². The Morgan fingerprint density at radius 1 is 1.17 bits per heavy atom. The van der Waals surface area contributed by atoms with Crippen LogP contribution in [-0.2, 0) is 4.74 Å². The molecule has 2 aromatic heterocycles. The van der Waals surface area contributed by atoms with Crippen molar-refractivity contribution in [3.63, 3.8) is 0 Å². The molecule has 3 heterocycles. The highest BCUT2D eigenvalue weighted by atomic mass is 19.1. The number of rotatable bonds is 4. The number of hydrogen-bond acceptors (Lipinski definition) is 5. The minimum atomic E-state index is -0.333. The van der Waals surface area contributed by atoms with E-state index in [1.165, 1.54) is 12.1 Å². The van der Waals surface area contributed by atoms with E-state index in [2.05, 4.69) is 20.7 Å². The van der Waals surface area contributed by atoms with Gasteiger partial charge in [0.1, 0.15) is 11.3 Å². The van der Waals surface area contributed by atoms with Gasteiger partial charge in [-0.2, -0.15) is 5.10 Å². The molecule has 1 unspecified atom stereocenters. The molecule has 2 aromatic carbocycles. The Kier molecular flexibility index (Phi) is 4.76. The topological polar surface area (TPSA) is 93.0 Å². The number of H-pyrrole nitrogens is 1. The SMILES string of the molecule is O=C(Nc1cc(C2CCCOC2)[nH]n1)c1ccc2noc(-c3ccc(F)cc3)c2c1. The first kappa shape index (κ1) is 18.5. The van der Waals surface area contributed by atoms with E-state index in [-0.39, 0.29) is 17.6 Å². The van der Waals surface area contributed by atoms with Crippen LogP contribution in [0.3, 0.4) is 0 Å². The fourth-order valence-electron chi connectivity index (χ4n) is 3.68. The summed E-state index contributed by atoms with van der Waals surface area (Å²) in [7, 11) is 0. The van der Waals surface area contributed by atoms with E-state index in [9.17, 15) is 9.18 Å². The number of anilines is 1. The lowest BCUT2D eigenvalue weighted by Crippen LogP contribution is -2.15. The van der Waals surface area contributed by atoms with Gasteiger partial charge in [-0.15, -0.1) is 0 Å². The second kappa shape index (κ2) is 7.72. The van der Waals surface area contributed by atoms with Crippen LogP contribution in [0.15, 0.2) is 53.1 Å². The molecule has 1 saturated heterocycles. The molecular formula is C22H19FN4O3. The van der Waals surface area contributed by atoms with Crippen molar-refractivity contribution in [3.8, 4) is 11.3 Å². The fraction of sp³-hybridized carbons (Fsp3) is 0.227. The maximum Gasteiger partial charge on any atom is 0.256 e. The summed E-state index contributed by atoms with van der Waals surface area (Å²) in [6.07, 6.45) is 2.05. The number of nitrogens with one attached hydrogen (secondary N) is 2. The number of aromatic nitrogens is 3. The number of hydrogen-bond donors (Lipinski definition) is 2. The molecule has 0 spiro atoms. The average Bonchev–Trinajstić information content (AvgIpc) is 3.42. The van der Waals surface area contributed by atoms with Gasteiger partial charge in [0.05, 0.1) is 12.0 Å². The fourth-order valence-corrected chi connectivity index (χ4v) is 3.68. The normalized spacial score (nSPS) is 16.6. The molecule has 0 aliphatic carbocycles. The number of carbonyl (C=O) groups is 1. The predicted octanol–water partition coefficient (Wildman–Crippen LogP) is 4.50. The van der Waals surface area contributed by atoms with Crippen molar-refractivity contribution in [3.05, 3.63) is 65.6 Å². The van der Waals surface area contributed by atoms with E-state index in [1.807, 2.05) is 6.07 Å². The number of fused-ring (bicyclic) bond motifs is 1. The van der Waals surface area contributed by atoms with Crippen LogP contribution in [0.4, 0.5) is 10.2 Å². The molecule has 0 bridgehead atoms. The van der Waals surface area contributed by atoms with Gasteiger partial charge in [0.2, 0.25) is 0 Å². The molecule has 4 aromatic rings. The highest BCUT2D eigenvalue weighted by Gasteiger charge is 2.19. The van der Waals surface area contributed by atoms with E-state index in [1.54, 1.807) is 30.3 Å². The first-order chi connectivity index (χ1) is 14.7. The average molecular weight is 406 g/mol. The van der Waals surface area contributed by atoms with Crippen LogP contribution >= 0.6 is 0 Å². The van der Waals surface area contributed by atoms with Crippen molar-refractivity contribution in [2.45, 2.75) is 18.8 Å². The second-order valence-corrected chi connectivity index (χ2v) is 7.33. The third-order valence-electron chi connectivity index (χ3n) is 5.28. The molecule has 7 nitrogen and oxygen atoms in total. The zero-order chi connectivity index (χ0) is 20.5. The summed E-state index contributed by atoms with van der Waals surface area (Å²) in [6, 6.07) is 12.9. The lowest BCUT2D eigenvalue weighted by molar-refractivity contribution is 0.0793. The van der Waals surface area contributed by atoms with Crippen LogP contribution in [0.1, 0.15) is 34.8 Å². The highest BCUT2D eigenvalue weighted by molar-refractivity contribution is 6.07. The number of aromatic amines is 1. The summed E-state index contributed by atoms with van der Waals surface area (Å²) >= 11 is 0. The lowest BCUT2D eigenvalue weighted by Gasteiger charge is -2.20. The van der Waals surface area contributed by atoms with Crippen molar-refractivity contribution < 1.29 is 18.4 Å². The molecule has 152 valence electrons. The minimum Gasteiger partial charge on any atom is -0.381 e. The van der Waals surface area contributed by atoms with Crippen molar-refractivity contribution in [1.82, 2.24) is 15.4 Å². The first-order valence-electron chi connectivity index (χ1n) is 9.77. The van der Waals surface area contributed by atoms with Crippen LogP contribution in [-0.4, -0.2) is 34.5 Å². The van der Waals surface area contributed by atoms with Crippen molar-refractivity contribution in [1.29, 1.82) is 0 Å². The standard InChI is InChI=1S/C22H19FN4O3/c23-16-6-3-13(4-7-16)21-17-10-14(5-8-18(17)27-30-21)22(28)24-20-11-19(25-26-20)15-2-1-9-29-12-15/h3-8,10-11,15H,1-2,9,12H2,(H2,24,25,26,28). The third kappa shape index (κ3) is 3.57. The molecular weight excluding hydrogens is 387 g/mol. The van der Waals surface area contributed by atoms with Crippen LogP contribution in [0.5, 0.6) is 0 Å². The molecule has 1 aliphatic rings. The Morgan fingerprint density at radius 2 is 2.03 bits per heavy atom. The zero-order valence-corrected chi connectivity index (χ0v) is 16.0. The Balaban J connectivity index is 1.38. The van der Waals surface area contributed by atoms with Gasteiger partial charge in [0, 0.05) is 35.4 Å². The van der Waals surface area contributed by atoms with Crippen molar-refractivity contribution >= 4 is 22.6 Å². The summed E-state index contributed by atoms with van der Waals surface area (Å²) < 4.78 is 24.2. The first-order valence-corrected chi connectivity index (χ1v) is 9.77. The number of carbonyl (C=O) groups excluding carboxylic acids is 1. The lowest BCUT2D eigenvalue weighted by atomic mass is 9.99. The van der Waals surface area contributed by atoms with Crippen LogP contribution in [0.25, 0.3) is 22.2 Å². The molecule has 5 rings (SSSR count). The van der Waals surface area contributed by atoms with Crippen LogP contribution in [0.2, 0.25) is 0 Å². The molecule has 1 amide bonds. The van der Waals surface area contributed by atoms with E-state index in [4.69, 9.17) is 9.26 Å². The predicted molar refractivity (Wildman–Crippen MR) is 109 cm³/mol. The summed E-state index contributed by atoms with van der Waals surface area (Å²) in [5.74, 6) is 0.592. The number of ether oxygens (including phenoxy) is 1. The Morgan fingerprint density at radius 3 is 2.83 bits per heavy atom. The van der Waals surface area contributed by atoms with Gasteiger partial charge in [-0.05, 0) is 55.3 Å². The number of benzene rings is 2. The van der Waals surface area contributed by atoms with Crippen LogP contribution < -0.4 is 5.32 Å². The highest BCUT2D eigenvalue weighted by Crippen LogP contribution is 2.30. The molecule has 0 saturated carbocycles. The van der Waals surface area contributed by atoms with E-state index in [0.717, 1.165) is 25.1 Å². The van der Waals surface area contributed by atoms with E-state index < -0.39 is 0 Å². The van der Waals surface area contributed by atoms with Gasteiger partial charge in [0.15, 0.2) is 11.6 Å². The zero-order valence-electron chi connectivity index (χ0n) is 16.0. The smallest absolute Gasteiger partial charge is 0.256 e. The Labute approximate surface area is 171 Å². The third-order valence-corrected chi connectivity index (χ3v) is 5.28. The Hall–Kier alpha value is -3.52. The van der Waals surface area contributed by atoms with E-state index >= 15 is 0 Å². The molecule has 1 aliphatic heterocycles. The van der Waals surface area contributed by atoms with Crippen molar-refractivity contribution in [2.24, 2.45) is 0 Å². The molecule has 1 atom stereocenters. The molecule has 2 N–H and O–H groups in total. The molecule has 1 fully saturated rings. The van der Waals surface area contributed by atoms with Gasteiger partial charge in [-0.25, -0.2) is 4.39 Å². The maximum absolute atomic E-state index is 13.2. The van der Waals surface area contributed by atoms with Crippen LogP contribution in [0, 0.1) is 5.82 Å². The Bertz CT molecular complexity index is 1190. The van der Waals surface area contributed by atoms with Gasteiger partial charge in [-0.3, -0.25) is 9.89 Å². The summed E-state index contributed by atoms with van der Waals surface area (Å²) in [6.45, 7) is 1.45. The molecule has 0 radical (unpaired) electrons. The number of nitrogens with zero attached hydrogens (tertiary/aromatic N) is 2. The molecule has 30 heavy (non-hydrogen) atoms. The summed E-state index contributed by atoms with van der Waals surface area (Å²) in [5, 5.41) is 14.7. The molecule has 8 heteroatoms. The summed E-state index contributed by atoms with van der Waals surface area (Å²) in [5.41, 5.74) is 2.70. The minimum absolute atomic E-state index is 0.267. The van der Waals surface area contributed by atoms with Gasteiger partial charge < -0.3 is 14.6 Å². The maximum atomic E-state index is 13.2. The monoisotopic (exact) mass is 406 g/mol. The number of halogens is 1. The quantitative estimate of drug-likeness (QED) is 0.520. The number of amides is 1. The summed E-state index contributed by atoms with van der Waals surface area (Å²) in [4.78, 5) is 12.8. The largest absolute Gasteiger partial charge is 0.381 e. The van der Waals surface area contributed by atoms with Gasteiger partial charge in [0.25, 0.3) is 5.91 Å². The van der Waals surface area contributed by atoms with Gasteiger partial charge >= 0.3 is 0 Å². The second-order valence-electron chi connectivity index (χ2n) is 7.33. The van der Waals surface area contributed by atoms with E-state index in [0.29, 0.717) is 40.2 Å².